The first-order valence-corrected chi connectivity index (χ1v) is 8.57. The smallest absolute Gasteiger partial charge is 0.257 e. The highest BCUT2D eigenvalue weighted by atomic mass is 35.5. The summed E-state index contributed by atoms with van der Waals surface area (Å²) < 4.78 is 1.80. The molecule has 132 valence electrons. The minimum atomic E-state index is -0.0933. The fraction of sp³-hybridized carbons (Fsp3) is 0.235. The van der Waals surface area contributed by atoms with Crippen molar-refractivity contribution < 1.29 is 4.79 Å². The summed E-state index contributed by atoms with van der Waals surface area (Å²) >= 11 is 6.03. The van der Waals surface area contributed by atoms with Crippen LogP contribution < -0.4 is 4.90 Å². The number of hydrogen-bond acceptors (Lipinski definition) is 6. The van der Waals surface area contributed by atoms with E-state index in [1.54, 1.807) is 40.3 Å². The minimum Gasteiger partial charge on any atom is -0.352 e. The molecule has 4 heterocycles. The lowest BCUT2D eigenvalue weighted by atomic mass is 10.2. The van der Waals surface area contributed by atoms with Crippen LogP contribution in [0, 0.1) is 0 Å². The normalized spacial score (nSPS) is 14.5. The summed E-state index contributed by atoms with van der Waals surface area (Å²) in [5.41, 5.74) is 0.437. The van der Waals surface area contributed by atoms with Crippen molar-refractivity contribution in [3.05, 3.63) is 59.9 Å². The molecular weight excluding hydrogens is 354 g/mol. The van der Waals surface area contributed by atoms with Gasteiger partial charge >= 0.3 is 0 Å². The van der Waals surface area contributed by atoms with Crippen LogP contribution in [0.3, 0.4) is 0 Å². The SMILES string of the molecule is O=C(c1cccnc1Cl)N1CCN(c2ccc(-n3ccnc3)nn2)CC1. The number of halogens is 1. The molecule has 0 unspecified atom stereocenters. The maximum atomic E-state index is 12.6. The Morgan fingerprint density at radius 2 is 1.77 bits per heavy atom. The molecule has 3 aromatic heterocycles. The van der Waals surface area contributed by atoms with Gasteiger partial charge in [-0.3, -0.25) is 9.36 Å². The van der Waals surface area contributed by atoms with Gasteiger partial charge in [-0.25, -0.2) is 9.97 Å². The Bertz CT molecular complexity index is 890. The van der Waals surface area contributed by atoms with Crippen molar-refractivity contribution in [3.63, 3.8) is 0 Å². The maximum absolute atomic E-state index is 12.6. The second-order valence-corrected chi connectivity index (χ2v) is 6.20. The van der Waals surface area contributed by atoms with Crippen molar-refractivity contribution >= 4 is 23.3 Å². The maximum Gasteiger partial charge on any atom is 0.257 e. The third kappa shape index (κ3) is 3.23. The first kappa shape index (κ1) is 16.5. The fourth-order valence-electron chi connectivity index (χ4n) is 2.87. The molecule has 0 N–H and O–H groups in total. The number of rotatable bonds is 3. The van der Waals surface area contributed by atoms with E-state index in [1.165, 1.54) is 0 Å². The highest BCUT2D eigenvalue weighted by molar-refractivity contribution is 6.32. The van der Waals surface area contributed by atoms with Gasteiger partial charge in [0.15, 0.2) is 11.6 Å². The molecule has 0 spiro atoms. The molecule has 0 saturated carbocycles. The van der Waals surface area contributed by atoms with Gasteiger partial charge < -0.3 is 9.80 Å². The van der Waals surface area contributed by atoms with Crippen LogP contribution in [0.4, 0.5) is 5.82 Å². The van der Waals surface area contributed by atoms with Crippen molar-refractivity contribution in [1.29, 1.82) is 0 Å². The third-order valence-corrected chi connectivity index (χ3v) is 4.59. The summed E-state index contributed by atoms with van der Waals surface area (Å²) in [6.45, 7) is 2.55. The number of amides is 1. The summed E-state index contributed by atoms with van der Waals surface area (Å²) in [5, 5.41) is 8.76. The van der Waals surface area contributed by atoms with Crippen molar-refractivity contribution in [1.82, 2.24) is 29.6 Å². The zero-order valence-electron chi connectivity index (χ0n) is 13.9. The van der Waals surface area contributed by atoms with Crippen LogP contribution in [0.25, 0.3) is 5.82 Å². The average Bonchev–Trinajstić information content (AvgIpc) is 3.23. The van der Waals surface area contributed by atoms with Crippen molar-refractivity contribution in [2.24, 2.45) is 0 Å². The Morgan fingerprint density at radius 1 is 1.00 bits per heavy atom. The van der Waals surface area contributed by atoms with Gasteiger partial charge in [-0.15, -0.1) is 10.2 Å². The van der Waals surface area contributed by atoms with E-state index < -0.39 is 0 Å². The van der Waals surface area contributed by atoms with Gasteiger partial charge in [-0.2, -0.15) is 0 Å². The zero-order chi connectivity index (χ0) is 17.9. The monoisotopic (exact) mass is 369 g/mol. The quantitative estimate of drug-likeness (QED) is 0.653. The van der Waals surface area contributed by atoms with E-state index in [-0.39, 0.29) is 11.1 Å². The number of carbonyl (C=O) groups excluding carboxylic acids is 1. The number of nitrogens with zero attached hydrogens (tertiary/aromatic N) is 7. The van der Waals surface area contributed by atoms with Crippen LogP contribution in [0.15, 0.2) is 49.2 Å². The van der Waals surface area contributed by atoms with Gasteiger partial charge in [0.1, 0.15) is 11.5 Å². The zero-order valence-corrected chi connectivity index (χ0v) is 14.6. The van der Waals surface area contributed by atoms with Crippen molar-refractivity contribution in [2.45, 2.75) is 0 Å². The summed E-state index contributed by atoms with van der Waals surface area (Å²) in [6, 6.07) is 7.24. The first-order valence-electron chi connectivity index (χ1n) is 8.19. The Balaban J connectivity index is 1.40. The molecule has 26 heavy (non-hydrogen) atoms. The molecule has 0 aliphatic carbocycles. The summed E-state index contributed by atoms with van der Waals surface area (Å²) in [5.74, 6) is 1.41. The summed E-state index contributed by atoms with van der Waals surface area (Å²) in [4.78, 5) is 24.5. The number of carbonyl (C=O) groups is 1. The molecule has 9 heteroatoms. The van der Waals surface area contributed by atoms with E-state index in [0.717, 1.165) is 5.82 Å². The predicted molar refractivity (Wildman–Crippen MR) is 96.5 cm³/mol. The molecule has 1 saturated heterocycles. The van der Waals surface area contributed by atoms with Crippen molar-refractivity contribution in [2.75, 3.05) is 31.1 Å². The van der Waals surface area contributed by atoms with E-state index >= 15 is 0 Å². The standard InChI is InChI=1S/C17H16ClN7O/c18-16-13(2-1-5-20-16)17(26)24-10-8-23(9-11-24)14-3-4-15(22-21-14)25-7-6-19-12-25/h1-7,12H,8-11H2. The van der Waals surface area contributed by atoms with Gasteiger partial charge in [0.2, 0.25) is 0 Å². The average molecular weight is 370 g/mol. The van der Waals surface area contributed by atoms with Crippen LogP contribution in [0.2, 0.25) is 5.15 Å². The molecule has 0 bridgehead atoms. The lowest BCUT2D eigenvalue weighted by Gasteiger charge is -2.35. The molecule has 1 fully saturated rings. The molecule has 1 aliphatic rings. The first-order chi connectivity index (χ1) is 12.7. The van der Waals surface area contributed by atoms with Gasteiger partial charge in [-0.1, -0.05) is 11.6 Å². The molecule has 0 radical (unpaired) electrons. The van der Waals surface area contributed by atoms with E-state index in [9.17, 15) is 4.79 Å². The van der Waals surface area contributed by atoms with Crippen LogP contribution >= 0.6 is 11.6 Å². The van der Waals surface area contributed by atoms with E-state index in [4.69, 9.17) is 11.6 Å². The van der Waals surface area contributed by atoms with Crippen LogP contribution in [-0.4, -0.2) is 61.7 Å². The molecular formula is C17H16ClN7O. The number of aromatic nitrogens is 5. The lowest BCUT2D eigenvalue weighted by molar-refractivity contribution is 0.0746. The number of piperazine rings is 1. The summed E-state index contributed by atoms with van der Waals surface area (Å²) in [6.07, 6.45) is 6.76. The molecule has 1 aliphatic heterocycles. The molecule has 0 atom stereocenters. The van der Waals surface area contributed by atoms with E-state index in [1.807, 2.05) is 18.3 Å². The molecule has 0 aromatic carbocycles. The Morgan fingerprint density at radius 3 is 2.42 bits per heavy atom. The second-order valence-electron chi connectivity index (χ2n) is 5.84. The highest BCUT2D eigenvalue weighted by Gasteiger charge is 2.24. The molecule has 8 nitrogen and oxygen atoms in total. The number of anilines is 1. The second kappa shape index (κ2) is 7.09. The molecule has 4 rings (SSSR count). The van der Waals surface area contributed by atoms with Gasteiger partial charge in [-0.05, 0) is 24.3 Å². The van der Waals surface area contributed by atoms with Gasteiger partial charge in [0.05, 0.1) is 5.56 Å². The number of imidazole rings is 1. The lowest BCUT2D eigenvalue weighted by Crippen LogP contribution is -2.49. The topological polar surface area (TPSA) is 80.0 Å². The molecule has 3 aromatic rings. The Kier molecular flexibility index (Phi) is 4.49. The Hall–Kier alpha value is -3.00. The van der Waals surface area contributed by atoms with Crippen LogP contribution in [0.5, 0.6) is 0 Å². The number of pyridine rings is 1. The minimum absolute atomic E-state index is 0.0933. The van der Waals surface area contributed by atoms with Crippen molar-refractivity contribution in [3.8, 4) is 5.82 Å². The highest BCUT2D eigenvalue weighted by Crippen LogP contribution is 2.18. The van der Waals surface area contributed by atoms with Gasteiger partial charge in [0.25, 0.3) is 5.91 Å². The van der Waals surface area contributed by atoms with E-state index in [0.29, 0.717) is 37.6 Å². The summed E-state index contributed by atoms with van der Waals surface area (Å²) in [7, 11) is 0. The van der Waals surface area contributed by atoms with Crippen LogP contribution in [0.1, 0.15) is 10.4 Å². The van der Waals surface area contributed by atoms with Gasteiger partial charge in [0, 0.05) is 44.8 Å². The Labute approximate surface area is 155 Å². The third-order valence-electron chi connectivity index (χ3n) is 4.29. The largest absolute Gasteiger partial charge is 0.352 e. The van der Waals surface area contributed by atoms with E-state index in [2.05, 4.69) is 25.1 Å². The fourth-order valence-corrected chi connectivity index (χ4v) is 3.07. The number of hydrogen-bond donors (Lipinski definition) is 0. The predicted octanol–water partition coefficient (Wildman–Crippen LogP) is 1.67. The molecule has 1 amide bonds. The van der Waals surface area contributed by atoms with Crippen LogP contribution in [-0.2, 0) is 0 Å².